The molecule has 0 spiro atoms. The Hall–Kier alpha value is -2.07. The highest BCUT2D eigenvalue weighted by molar-refractivity contribution is 6.32. The molecular weight excluding hydrogens is 240 g/mol. The van der Waals surface area contributed by atoms with Crippen LogP contribution in [0, 0.1) is 0 Å². The second-order valence-electron chi connectivity index (χ2n) is 3.27. The van der Waals surface area contributed by atoms with E-state index in [0.29, 0.717) is 10.8 Å². The van der Waals surface area contributed by atoms with E-state index in [1.165, 1.54) is 6.07 Å². The third kappa shape index (κ3) is 2.73. The van der Waals surface area contributed by atoms with E-state index >= 15 is 0 Å². The maximum atomic E-state index is 11.7. The Morgan fingerprint density at radius 3 is 2.65 bits per heavy atom. The molecule has 0 bridgehead atoms. The number of anilines is 1. The smallest absolute Gasteiger partial charge is 0.362 e. The highest BCUT2D eigenvalue weighted by Crippen LogP contribution is 2.23. The number of rotatable bonds is 2. The zero-order valence-electron chi connectivity index (χ0n) is 8.76. The largest absolute Gasteiger partial charge is 0.420 e. The van der Waals surface area contributed by atoms with Gasteiger partial charge in [0.05, 0.1) is 5.02 Å². The Morgan fingerprint density at radius 2 is 1.94 bits per heavy atom. The van der Waals surface area contributed by atoms with Gasteiger partial charge < -0.3 is 10.5 Å². The van der Waals surface area contributed by atoms with Crippen LogP contribution in [0.15, 0.2) is 42.5 Å². The van der Waals surface area contributed by atoms with Gasteiger partial charge in [-0.3, -0.25) is 0 Å². The molecule has 1 aromatic carbocycles. The molecule has 17 heavy (non-hydrogen) atoms. The Balaban J connectivity index is 2.20. The highest BCUT2D eigenvalue weighted by Gasteiger charge is 2.11. The number of halogens is 1. The molecule has 2 aromatic rings. The van der Waals surface area contributed by atoms with Gasteiger partial charge in [0.1, 0.15) is 11.6 Å². The van der Waals surface area contributed by atoms with E-state index in [9.17, 15) is 4.79 Å². The Bertz CT molecular complexity index is 558. The van der Waals surface area contributed by atoms with Crippen molar-refractivity contribution in [1.29, 1.82) is 0 Å². The Labute approximate surface area is 103 Å². The van der Waals surface area contributed by atoms with Crippen LogP contribution in [0.2, 0.25) is 5.02 Å². The van der Waals surface area contributed by atoms with E-state index in [1.807, 2.05) is 0 Å². The highest BCUT2D eigenvalue weighted by atomic mass is 35.5. The van der Waals surface area contributed by atoms with E-state index in [2.05, 4.69) is 4.98 Å². The first-order valence-corrected chi connectivity index (χ1v) is 5.24. The van der Waals surface area contributed by atoms with Crippen molar-refractivity contribution in [2.24, 2.45) is 0 Å². The van der Waals surface area contributed by atoms with E-state index in [-0.39, 0.29) is 11.5 Å². The summed E-state index contributed by atoms with van der Waals surface area (Å²) in [6, 6.07) is 11.5. The first kappa shape index (κ1) is 11.4. The zero-order valence-corrected chi connectivity index (χ0v) is 9.52. The molecule has 5 heteroatoms. The van der Waals surface area contributed by atoms with E-state index < -0.39 is 5.97 Å². The minimum absolute atomic E-state index is 0.143. The predicted octanol–water partition coefficient (Wildman–Crippen LogP) is 2.54. The van der Waals surface area contributed by atoms with Gasteiger partial charge in [-0.05, 0) is 24.3 Å². The number of aromatic nitrogens is 1. The maximum absolute atomic E-state index is 11.7. The molecular formula is C12H9ClN2O2. The lowest BCUT2D eigenvalue weighted by atomic mass is 10.3. The fourth-order valence-corrected chi connectivity index (χ4v) is 1.42. The number of nitrogens with zero attached hydrogens (tertiary/aromatic N) is 1. The lowest BCUT2D eigenvalue weighted by molar-refractivity contribution is 0.0729. The van der Waals surface area contributed by atoms with Crippen molar-refractivity contribution >= 4 is 23.4 Å². The molecule has 4 nitrogen and oxygen atoms in total. The number of esters is 1. The normalized spacial score (nSPS) is 9.94. The van der Waals surface area contributed by atoms with Crippen LogP contribution < -0.4 is 10.5 Å². The quantitative estimate of drug-likeness (QED) is 0.655. The average molecular weight is 249 g/mol. The number of pyridine rings is 1. The molecule has 0 radical (unpaired) electrons. The molecule has 0 aliphatic rings. The van der Waals surface area contributed by atoms with Crippen molar-refractivity contribution in [1.82, 2.24) is 4.98 Å². The Morgan fingerprint density at radius 1 is 1.18 bits per heavy atom. The van der Waals surface area contributed by atoms with Crippen molar-refractivity contribution in [3.8, 4) is 5.75 Å². The SMILES string of the molecule is Nc1cccc(C(=O)Oc2ccccc2Cl)n1. The van der Waals surface area contributed by atoms with Crippen LogP contribution in [0.5, 0.6) is 5.75 Å². The molecule has 0 fully saturated rings. The number of carbonyl (C=O) groups excluding carboxylic acids is 1. The summed E-state index contributed by atoms with van der Waals surface area (Å²) in [5, 5.41) is 0.366. The van der Waals surface area contributed by atoms with Crippen LogP contribution in [0.1, 0.15) is 10.5 Å². The van der Waals surface area contributed by atoms with Gasteiger partial charge in [-0.2, -0.15) is 0 Å². The summed E-state index contributed by atoms with van der Waals surface area (Å²) in [4.78, 5) is 15.6. The minimum Gasteiger partial charge on any atom is -0.420 e. The van der Waals surface area contributed by atoms with Gasteiger partial charge in [0.25, 0.3) is 0 Å². The summed E-state index contributed by atoms with van der Waals surface area (Å²) in [7, 11) is 0. The second kappa shape index (κ2) is 4.84. The number of hydrogen-bond acceptors (Lipinski definition) is 4. The summed E-state index contributed by atoms with van der Waals surface area (Å²) in [5.74, 6) is -0.0348. The molecule has 0 aliphatic carbocycles. The van der Waals surface area contributed by atoms with Gasteiger partial charge >= 0.3 is 5.97 Å². The Kier molecular flexibility index (Phi) is 3.25. The first-order valence-electron chi connectivity index (χ1n) is 4.86. The number of hydrogen-bond donors (Lipinski definition) is 1. The summed E-state index contributed by atoms with van der Waals surface area (Å²) in [6.07, 6.45) is 0. The predicted molar refractivity (Wildman–Crippen MR) is 65.1 cm³/mol. The van der Waals surface area contributed by atoms with E-state index in [1.54, 1.807) is 36.4 Å². The summed E-state index contributed by atoms with van der Waals surface area (Å²) >= 11 is 5.86. The third-order valence-corrected chi connectivity index (χ3v) is 2.33. The van der Waals surface area contributed by atoms with Crippen molar-refractivity contribution in [3.05, 3.63) is 53.2 Å². The molecule has 1 aromatic heterocycles. The zero-order chi connectivity index (χ0) is 12.3. The molecule has 0 atom stereocenters. The number of ether oxygens (including phenoxy) is 1. The van der Waals surface area contributed by atoms with Crippen molar-refractivity contribution < 1.29 is 9.53 Å². The molecule has 1 heterocycles. The fourth-order valence-electron chi connectivity index (χ4n) is 1.24. The van der Waals surface area contributed by atoms with Gasteiger partial charge in [-0.25, -0.2) is 9.78 Å². The van der Waals surface area contributed by atoms with Crippen LogP contribution in [-0.4, -0.2) is 11.0 Å². The summed E-state index contributed by atoms with van der Waals surface area (Å²) in [6.45, 7) is 0. The number of nitrogen functional groups attached to an aromatic ring is 1. The third-order valence-electron chi connectivity index (χ3n) is 2.02. The van der Waals surface area contributed by atoms with Gasteiger partial charge in [0.15, 0.2) is 5.69 Å². The van der Waals surface area contributed by atoms with Crippen LogP contribution >= 0.6 is 11.6 Å². The van der Waals surface area contributed by atoms with Crippen molar-refractivity contribution in [3.63, 3.8) is 0 Å². The lowest BCUT2D eigenvalue weighted by Crippen LogP contribution is -2.11. The summed E-state index contributed by atoms with van der Waals surface area (Å²) < 4.78 is 5.10. The first-order chi connectivity index (χ1) is 8.16. The van der Waals surface area contributed by atoms with Crippen molar-refractivity contribution in [2.45, 2.75) is 0 Å². The average Bonchev–Trinajstić information content (AvgIpc) is 2.32. The van der Waals surface area contributed by atoms with Gasteiger partial charge in [0.2, 0.25) is 0 Å². The van der Waals surface area contributed by atoms with Crippen LogP contribution in [0.25, 0.3) is 0 Å². The van der Waals surface area contributed by atoms with Gasteiger partial charge in [-0.15, -0.1) is 0 Å². The lowest BCUT2D eigenvalue weighted by Gasteiger charge is -2.05. The standard InChI is InChI=1S/C12H9ClN2O2/c13-8-4-1-2-6-10(8)17-12(16)9-5-3-7-11(14)15-9/h1-7H,(H2,14,15). The summed E-state index contributed by atoms with van der Waals surface area (Å²) in [5.41, 5.74) is 5.62. The number of para-hydroxylation sites is 1. The van der Waals surface area contributed by atoms with Crippen LogP contribution in [-0.2, 0) is 0 Å². The molecule has 0 amide bonds. The molecule has 0 saturated carbocycles. The number of benzene rings is 1. The van der Waals surface area contributed by atoms with E-state index in [4.69, 9.17) is 22.1 Å². The topological polar surface area (TPSA) is 65.2 Å². The monoisotopic (exact) mass is 248 g/mol. The number of nitrogens with two attached hydrogens (primary N) is 1. The van der Waals surface area contributed by atoms with E-state index in [0.717, 1.165) is 0 Å². The van der Waals surface area contributed by atoms with Crippen LogP contribution in [0.3, 0.4) is 0 Å². The van der Waals surface area contributed by atoms with Gasteiger partial charge in [0, 0.05) is 0 Å². The molecule has 0 aliphatic heterocycles. The fraction of sp³-hybridized carbons (Fsp3) is 0. The molecule has 0 saturated heterocycles. The minimum atomic E-state index is -0.592. The molecule has 86 valence electrons. The molecule has 2 rings (SSSR count). The van der Waals surface area contributed by atoms with Crippen molar-refractivity contribution in [2.75, 3.05) is 5.73 Å². The number of carbonyl (C=O) groups is 1. The molecule has 0 unspecified atom stereocenters. The molecule has 2 N–H and O–H groups in total. The van der Waals surface area contributed by atoms with Crippen LogP contribution in [0.4, 0.5) is 5.82 Å². The second-order valence-corrected chi connectivity index (χ2v) is 3.67. The van der Waals surface area contributed by atoms with Gasteiger partial charge in [-0.1, -0.05) is 29.8 Å². The maximum Gasteiger partial charge on any atom is 0.362 e.